The third-order valence-electron chi connectivity index (χ3n) is 3.81. The molecule has 25 heavy (non-hydrogen) atoms. The number of allylic oxidation sites excluding steroid dienone is 2. The predicted octanol–water partition coefficient (Wildman–Crippen LogP) is 4.01. The summed E-state index contributed by atoms with van der Waals surface area (Å²) in [6, 6.07) is 9.23. The summed E-state index contributed by atoms with van der Waals surface area (Å²) in [5.41, 5.74) is 6.59. The van der Waals surface area contributed by atoms with Crippen molar-refractivity contribution in [3.05, 3.63) is 57.6 Å². The van der Waals surface area contributed by atoms with Gasteiger partial charge in [0.15, 0.2) is 0 Å². The van der Waals surface area contributed by atoms with Gasteiger partial charge in [0.25, 0.3) is 0 Å². The number of carbonyl (C=O) groups is 1. The molecular formula is C19H21ClN2O3. The van der Waals surface area contributed by atoms with Gasteiger partial charge < -0.3 is 15.2 Å². The number of benzene rings is 1. The van der Waals surface area contributed by atoms with Crippen LogP contribution in [-0.2, 0) is 14.3 Å². The number of rotatable bonds is 3. The van der Waals surface area contributed by atoms with Gasteiger partial charge in [-0.25, -0.2) is 4.79 Å². The molecule has 1 aliphatic rings. The molecule has 132 valence electrons. The Hall–Kier alpha value is -2.45. The van der Waals surface area contributed by atoms with Gasteiger partial charge in [-0.15, -0.1) is 0 Å². The molecule has 0 amide bonds. The Morgan fingerprint density at radius 1 is 1.40 bits per heavy atom. The fraction of sp³-hybridized carbons (Fsp3) is 0.368. The molecule has 1 aromatic rings. The quantitative estimate of drug-likeness (QED) is 0.823. The number of ether oxygens (including phenoxy) is 2. The smallest absolute Gasteiger partial charge is 0.340 e. The molecule has 0 saturated heterocycles. The zero-order valence-corrected chi connectivity index (χ0v) is 15.5. The normalized spacial score (nSPS) is 17.8. The summed E-state index contributed by atoms with van der Waals surface area (Å²) in [5.74, 6) is -0.996. The molecule has 1 aromatic carbocycles. The zero-order chi connectivity index (χ0) is 18.8. The minimum atomic E-state index is -0.735. The highest BCUT2D eigenvalue weighted by atomic mass is 35.5. The monoisotopic (exact) mass is 360 g/mol. The number of nitrogens with two attached hydrogens (primary N) is 1. The van der Waals surface area contributed by atoms with E-state index in [1.54, 1.807) is 31.2 Å². The van der Waals surface area contributed by atoms with Gasteiger partial charge >= 0.3 is 5.97 Å². The number of esters is 1. The van der Waals surface area contributed by atoms with E-state index >= 15 is 0 Å². The van der Waals surface area contributed by atoms with E-state index in [-0.39, 0.29) is 18.1 Å². The summed E-state index contributed by atoms with van der Waals surface area (Å²) in [6.45, 7) is 7.61. The first kappa shape index (κ1) is 18.9. The molecule has 0 fully saturated rings. The lowest BCUT2D eigenvalue weighted by atomic mass is 9.78. The van der Waals surface area contributed by atoms with Gasteiger partial charge in [-0.2, -0.15) is 5.26 Å². The molecule has 1 atom stereocenters. The highest BCUT2D eigenvalue weighted by Gasteiger charge is 2.41. The van der Waals surface area contributed by atoms with E-state index in [4.69, 9.17) is 26.8 Å². The maximum Gasteiger partial charge on any atom is 0.340 e. The van der Waals surface area contributed by atoms with E-state index in [2.05, 4.69) is 6.07 Å². The number of hydrogen-bond donors (Lipinski definition) is 1. The Bertz CT molecular complexity index is 798. The molecule has 0 aliphatic carbocycles. The van der Waals surface area contributed by atoms with Crippen molar-refractivity contribution in [2.75, 3.05) is 6.61 Å². The fourth-order valence-corrected chi connectivity index (χ4v) is 3.00. The maximum absolute atomic E-state index is 12.5. The third-order valence-corrected chi connectivity index (χ3v) is 4.16. The van der Waals surface area contributed by atoms with Crippen molar-refractivity contribution in [3.63, 3.8) is 0 Å². The van der Waals surface area contributed by atoms with Gasteiger partial charge in [0.05, 0.1) is 24.2 Å². The Kier molecular flexibility index (Phi) is 5.44. The van der Waals surface area contributed by atoms with Crippen LogP contribution in [0.4, 0.5) is 0 Å². The highest BCUT2D eigenvalue weighted by molar-refractivity contribution is 6.31. The zero-order valence-electron chi connectivity index (χ0n) is 14.7. The van der Waals surface area contributed by atoms with E-state index in [0.29, 0.717) is 21.9 Å². The van der Waals surface area contributed by atoms with Crippen molar-refractivity contribution >= 4 is 17.6 Å². The van der Waals surface area contributed by atoms with E-state index in [0.717, 1.165) is 0 Å². The van der Waals surface area contributed by atoms with Gasteiger partial charge in [0.1, 0.15) is 11.3 Å². The van der Waals surface area contributed by atoms with Crippen molar-refractivity contribution in [1.29, 1.82) is 5.26 Å². The van der Waals surface area contributed by atoms with Crippen LogP contribution in [-0.4, -0.2) is 12.6 Å². The second-order valence-corrected chi connectivity index (χ2v) is 7.07. The predicted molar refractivity (Wildman–Crippen MR) is 95.2 cm³/mol. The van der Waals surface area contributed by atoms with Crippen LogP contribution in [0.15, 0.2) is 47.1 Å². The molecule has 1 heterocycles. The van der Waals surface area contributed by atoms with E-state index in [1.807, 2.05) is 20.8 Å². The summed E-state index contributed by atoms with van der Waals surface area (Å²) in [7, 11) is 0. The molecular weight excluding hydrogens is 340 g/mol. The topological polar surface area (TPSA) is 85.3 Å². The Balaban J connectivity index is 2.76. The van der Waals surface area contributed by atoms with Crippen molar-refractivity contribution < 1.29 is 14.3 Å². The van der Waals surface area contributed by atoms with Crippen LogP contribution < -0.4 is 5.73 Å². The highest BCUT2D eigenvalue weighted by Crippen LogP contribution is 2.46. The average Bonchev–Trinajstić information content (AvgIpc) is 2.53. The van der Waals surface area contributed by atoms with Gasteiger partial charge in [0, 0.05) is 10.4 Å². The standard InChI is InChI=1S/C19H21ClN2O3/c1-5-24-18(23)15-14(11-8-6-7-9-13(11)20)12(10-21)16(19(2,3)4)25-17(15)22/h6-9,14H,5,22H2,1-4H3. The molecule has 1 aliphatic heterocycles. The second-order valence-electron chi connectivity index (χ2n) is 6.66. The van der Waals surface area contributed by atoms with Crippen LogP contribution in [0, 0.1) is 16.7 Å². The summed E-state index contributed by atoms with van der Waals surface area (Å²) >= 11 is 6.35. The summed E-state index contributed by atoms with van der Waals surface area (Å²) in [6.07, 6.45) is 0. The lowest BCUT2D eigenvalue weighted by molar-refractivity contribution is -0.139. The van der Waals surface area contributed by atoms with Crippen molar-refractivity contribution in [1.82, 2.24) is 0 Å². The lowest BCUT2D eigenvalue weighted by Crippen LogP contribution is -2.30. The molecule has 0 radical (unpaired) electrons. The van der Waals surface area contributed by atoms with Gasteiger partial charge in [-0.3, -0.25) is 0 Å². The molecule has 5 nitrogen and oxygen atoms in total. The van der Waals surface area contributed by atoms with Crippen molar-refractivity contribution in [2.45, 2.75) is 33.6 Å². The van der Waals surface area contributed by atoms with Crippen LogP contribution in [0.25, 0.3) is 0 Å². The van der Waals surface area contributed by atoms with Crippen LogP contribution in [0.5, 0.6) is 0 Å². The Labute approximate surface area is 152 Å². The Morgan fingerprint density at radius 2 is 2.04 bits per heavy atom. The second kappa shape index (κ2) is 7.20. The number of carbonyl (C=O) groups excluding carboxylic acids is 1. The van der Waals surface area contributed by atoms with Gasteiger partial charge in [0.2, 0.25) is 5.88 Å². The van der Waals surface area contributed by atoms with Crippen LogP contribution in [0.2, 0.25) is 5.02 Å². The molecule has 0 aromatic heterocycles. The average molecular weight is 361 g/mol. The van der Waals surface area contributed by atoms with Gasteiger partial charge in [-0.1, -0.05) is 50.6 Å². The van der Waals surface area contributed by atoms with E-state index in [9.17, 15) is 10.1 Å². The number of hydrogen-bond acceptors (Lipinski definition) is 5. The largest absolute Gasteiger partial charge is 0.462 e. The number of halogens is 1. The lowest BCUT2D eigenvalue weighted by Gasteiger charge is -2.33. The minimum Gasteiger partial charge on any atom is -0.462 e. The minimum absolute atomic E-state index is 0.0627. The molecule has 1 unspecified atom stereocenters. The van der Waals surface area contributed by atoms with Crippen molar-refractivity contribution in [2.24, 2.45) is 11.1 Å². The first-order valence-corrected chi connectivity index (χ1v) is 8.33. The fourth-order valence-electron chi connectivity index (χ4n) is 2.76. The van der Waals surface area contributed by atoms with Crippen LogP contribution in [0.3, 0.4) is 0 Å². The molecule has 2 N–H and O–H groups in total. The summed E-state index contributed by atoms with van der Waals surface area (Å²) in [5, 5.41) is 10.3. The van der Waals surface area contributed by atoms with Crippen LogP contribution in [0.1, 0.15) is 39.2 Å². The van der Waals surface area contributed by atoms with Crippen LogP contribution >= 0.6 is 11.6 Å². The maximum atomic E-state index is 12.5. The first-order valence-electron chi connectivity index (χ1n) is 7.96. The van der Waals surface area contributed by atoms with Crippen molar-refractivity contribution in [3.8, 4) is 6.07 Å². The number of nitriles is 1. The third kappa shape index (κ3) is 3.64. The molecule has 6 heteroatoms. The summed E-state index contributed by atoms with van der Waals surface area (Å²) < 4.78 is 10.8. The SMILES string of the molecule is CCOC(=O)C1=C(N)OC(C(C)(C)C)=C(C#N)C1c1ccccc1Cl. The number of nitrogens with zero attached hydrogens (tertiary/aromatic N) is 1. The van der Waals surface area contributed by atoms with Gasteiger partial charge in [-0.05, 0) is 18.6 Å². The molecule has 2 rings (SSSR count). The first-order chi connectivity index (χ1) is 11.7. The Morgan fingerprint density at radius 3 is 2.56 bits per heavy atom. The van der Waals surface area contributed by atoms with E-state index in [1.165, 1.54) is 0 Å². The molecule has 0 bridgehead atoms. The van der Waals surface area contributed by atoms with E-state index < -0.39 is 17.3 Å². The molecule has 0 spiro atoms. The summed E-state index contributed by atoms with van der Waals surface area (Å²) in [4.78, 5) is 12.5. The molecule has 0 saturated carbocycles.